The minimum Gasteiger partial charge on any atom is -0.453 e. The molecule has 0 aromatic heterocycles. The average Bonchev–Trinajstić information content (AvgIpc) is 2.82. The largest absolute Gasteiger partial charge is 0.573 e. The van der Waals surface area contributed by atoms with E-state index < -0.39 is 12.5 Å². The number of fused-ring (bicyclic) bond motifs is 2. The predicted molar refractivity (Wildman–Crippen MR) is 126 cm³/mol. The summed E-state index contributed by atoms with van der Waals surface area (Å²) in [5.74, 6) is 2.03. The lowest BCUT2D eigenvalue weighted by Gasteiger charge is -2.44. The van der Waals surface area contributed by atoms with Gasteiger partial charge in [-0.3, -0.25) is 0 Å². The molecule has 1 saturated carbocycles. The van der Waals surface area contributed by atoms with Gasteiger partial charge in [-0.25, -0.2) is 0 Å². The molecule has 1 aliphatic heterocycles. The second-order valence-corrected chi connectivity index (χ2v) is 9.58. The molecular weight excluding hydrogens is 463 g/mol. The second-order valence-electron chi connectivity index (χ2n) is 8.49. The Morgan fingerprint density at radius 1 is 0.912 bits per heavy atom. The number of hydrogen-bond acceptors (Lipinski definition) is 5. The first-order valence-corrected chi connectivity index (χ1v) is 12.2. The maximum absolute atomic E-state index is 12.4. The van der Waals surface area contributed by atoms with Crippen molar-refractivity contribution in [3.8, 4) is 17.2 Å². The van der Waals surface area contributed by atoms with Crippen LogP contribution < -0.4 is 14.4 Å². The van der Waals surface area contributed by atoms with E-state index in [4.69, 9.17) is 4.74 Å². The number of alkyl halides is 3. The number of hydrogen-bond donors (Lipinski definition) is 1. The molecular formula is C26H24F3NO3S. The lowest BCUT2D eigenvalue weighted by Crippen LogP contribution is -2.48. The Balaban J connectivity index is 1.32. The van der Waals surface area contributed by atoms with Crippen LogP contribution in [0.25, 0.3) is 0 Å². The van der Waals surface area contributed by atoms with E-state index in [2.05, 4.69) is 9.64 Å². The van der Waals surface area contributed by atoms with Gasteiger partial charge in [0.15, 0.2) is 11.5 Å². The van der Waals surface area contributed by atoms with Gasteiger partial charge in [0.05, 0.1) is 23.5 Å². The van der Waals surface area contributed by atoms with E-state index in [1.54, 1.807) is 12.1 Å². The first kappa shape index (κ1) is 22.9. The number of thioether (sulfide) groups is 1. The molecule has 1 heterocycles. The van der Waals surface area contributed by atoms with Crippen molar-refractivity contribution in [2.75, 3.05) is 10.7 Å². The topological polar surface area (TPSA) is 41.9 Å². The summed E-state index contributed by atoms with van der Waals surface area (Å²) >= 11 is 1.54. The van der Waals surface area contributed by atoms with Gasteiger partial charge in [-0.15, -0.1) is 24.9 Å². The zero-order valence-electron chi connectivity index (χ0n) is 18.2. The zero-order valence-corrected chi connectivity index (χ0v) is 19.1. The molecule has 1 N–H and O–H groups in total. The third kappa shape index (κ3) is 4.83. The molecule has 3 unspecified atom stereocenters. The number of ether oxygens (including phenoxy) is 2. The number of rotatable bonds is 5. The number of halogens is 3. The SMILES string of the molecule is OC1C(CSc2ccc(OC(F)(F)F)cc2)CCCC1N1c2ccccc2Oc2ccccc21. The molecule has 0 amide bonds. The summed E-state index contributed by atoms with van der Waals surface area (Å²) in [4.78, 5) is 3.05. The first-order valence-electron chi connectivity index (χ1n) is 11.2. The standard InChI is InChI=1S/C26H24F3NO3S/c27-26(28,29)33-18-12-14-19(15-13-18)34-16-17-6-5-9-22(25(17)31)30-20-7-1-3-10-23(20)32-24-11-4-2-8-21(24)30/h1-4,7-8,10-15,17,22,25,31H,5-6,9,16H2. The summed E-state index contributed by atoms with van der Waals surface area (Å²) in [5, 5.41) is 11.4. The number of anilines is 2. The van der Waals surface area contributed by atoms with Crippen LogP contribution in [0.2, 0.25) is 0 Å². The summed E-state index contributed by atoms with van der Waals surface area (Å²) in [5.41, 5.74) is 1.89. The lowest BCUT2D eigenvalue weighted by atomic mass is 9.82. The number of aliphatic hydroxyl groups is 1. The van der Waals surface area contributed by atoms with Gasteiger partial charge in [0, 0.05) is 10.6 Å². The number of aliphatic hydroxyl groups excluding tert-OH is 1. The zero-order chi connectivity index (χ0) is 23.7. The molecule has 1 aliphatic carbocycles. The van der Waals surface area contributed by atoms with Crippen LogP contribution in [0.1, 0.15) is 19.3 Å². The van der Waals surface area contributed by atoms with Gasteiger partial charge < -0.3 is 19.5 Å². The van der Waals surface area contributed by atoms with Crippen molar-refractivity contribution < 1.29 is 27.8 Å². The van der Waals surface area contributed by atoms with Crippen molar-refractivity contribution >= 4 is 23.1 Å². The minimum absolute atomic E-state index is 0.0528. The van der Waals surface area contributed by atoms with Gasteiger partial charge >= 0.3 is 6.36 Å². The maximum atomic E-state index is 12.4. The highest BCUT2D eigenvalue weighted by atomic mass is 32.2. The van der Waals surface area contributed by atoms with Crippen LogP contribution in [0.15, 0.2) is 77.7 Å². The quantitative estimate of drug-likeness (QED) is 0.387. The molecule has 178 valence electrons. The molecule has 5 rings (SSSR count). The van der Waals surface area contributed by atoms with Crippen LogP contribution in [0.3, 0.4) is 0 Å². The molecule has 0 radical (unpaired) electrons. The Morgan fingerprint density at radius 2 is 1.53 bits per heavy atom. The molecule has 8 heteroatoms. The third-order valence-corrected chi connectivity index (χ3v) is 7.47. The highest BCUT2D eigenvalue weighted by molar-refractivity contribution is 7.99. The Morgan fingerprint density at radius 3 is 2.15 bits per heavy atom. The van der Waals surface area contributed by atoms with Crippen LogP contribution >= 0.6 is 11.8 Å². The van der Waals surface area contributed by atoms with E-state index >= 15 is 0 Å². The first-order chi connectivity index (χ1) is 16.4. The van der Waals surface area contributed by atoms with Crippen molar-refractivity contribution in [2.24, 2.45) is 5.92 Å². The predicted octanol–water partition coefficient (Wildman–Crippen LogP) is 7.15. The number of para-hydroxylation sites is 4. The molecule has 3 atom stereocenters. The molecule has 3 aromatic carbocycles. The van der Waals surface area contributed by atoms with Crippen LogP contribution in [0.4, 0.5) is 24.5 Å². The Bertz CT molecular complexity index is 1090. The fourth-order valence-corrected chi connectivity index (χ4v) is 5.84. The van der Waals surface area contributed by atoms with E-state index in [-0.39, 0.29) is 17.7 Å². The fraction of sp³-hybridized carbons (Fsp3) is 0.308. The second kappa shape index (κ2) is 9.43. The fourth-order valence-electron chi connectivity index (χ4n) is 4.74. The Labute approximate surface area is 200 Å². The molecule has 0 bridgehead atoms. The average molecular weight is 488 g/mol. The summed E-state index contributed by atoms with van der Waals surface area (Å²) < 4.78 is 47.2. The number of nitrogens with zero attached hydrogens (tertiary/aromatic N) is 1. The third-order valence-electron chi connectivity index (χ3n) is 6.27. The summed E-state index contributed by atoms with van der Waals surface area (Å²) in [6.07, 6.45) is -2.53. The molecule has 4 nitrogen and oxygen atoms in total. The van der Waals surface area contributed by atoms with Crippen LogP contribution in [-0.4, -0.2) is 29.4 Å². The van der Waals surface area contributed by atoms with Crippen molar-refractivity contribution in [2.45, 2.75) is 42.7 Å². The minimum atomic E-state index is -4.70. The van der Waals surface area contributed by atoms with Crippen LogP contribution in [0, 0.1) is 5.92 Å². The normalized spacial score (nSPS) is 21.9. The van der Waals surface area contributed by atoms with Gasteiger partial charge in [0.2, 0.25) is 0 Å². The smallest absolute Gasteiger partial charge is 0.453 e. The van der Waals surface area contributed by atoms with Gasteiger partial charge in [-0.05, 0) is 67.3 Å². The number of benzene rings is 3. The van der Waals surface area contributed by atoms with E-state index in [1.807, 2.05) is 48.5 Å². The molecule has 34 heavy (non-hydrogen) atoms. The molecule has 2 aliphatic rings. The van der Waals surface area contributed by atoms with Crippen molar-refractivity contribution in [1.82, 2.24) is 0 Å². The van der Waals surface area contributed by atoms with Crippen LogP contribution in [-0.2, 0) is 0 Å². The van der Waals surface area contributed by atoms with Crippen LogP contribution in [0.5, 0.6) is 17.2 Å². The monoisotopic (exact) mass is 487 g/mol. The van der Waals surface area contributed by atoms with Gasteiger partial charge in [-0.2, -0.15) is 0 Å². The summed E-state index contributed by atoms with van der Waals surface area (Å²) in [7, 11) is 0. The van der Waals surface area contributed by atoms with Gasteiger partial charge in [0.25, 0.3) is 0 Å². The summed E-state index contributed by atoms with van der Waals surface area (Å²) in [6.45, 7) is 0. The molecule has 0 saturated heterocycles. The van der Waals surface area contributed by atoms with E-state index in [9.17, 15) is 18.3 Å². The highest BCUT2D eigenvalue weighted by Crippen LogP contribution is 2.49. The van der Waals surface area contributed by atoms with E-state index in [0.717, 1.165) is 47.0 Å². The van der Waals surface area contributed by atoms with E-state index in [0.29, 0.717) is 5.75 Å². The van der Waals surface area contributed by atoms with Gasteiger partial charge in [-0.1, -0.05) is 30.7 Å². The van der Waals surface area contributed by atoms with Crippen molar-refractivity contribution in [3.63, 3.8) is 0 Å². The highest BCUT2D eigenvalue weighted by Gasteiger charge is 2.39. The Hall–Kier alpha value is -2.84. The molecule has 1 fully saturated rings. The van der Waals surface area contributed by atoms with Crippen molar-refractivity contribution in [3.05, 3.63) is 72.8 Å². The van der Waals surface area contributed by atoms with E-state index in [1.165, 1.54) is 23.9 Å². The Kier molecular flexibility index (Phi) is 6.36. The summed E-state index contributed by atoms with van der Waals surface area (Å²) in [6, 6.07) is 21.5. The lowest BCUT2D eigenvalue weighted by molar-refractivity contribution is -0.274. The maximum Gasteiger partial charge on any atom is 0.573 e. The van der Waals surface area contributed by atoms with Crippen molar-refractivity contribution in [1.29, 1.82) is 0 Å². The molecule has 0 spiro atoms. The van der Waals surface area contributed by atoms with Gasteiger partial charge in [0.1, 0.15) is 5.75 Å². The molecule has 3 aromatic rings.